The van der Waals surface area contributed by atoms with Crippen LogP contribution in [0.15, 0.2) is 127 Å². The van der Waals surface area contributed by atoms with Gasteiger partial charge in [-0.15, -0.1) is 0 Å². The van der Waals surface area contributed by atoms with Gasteiger partial charge in [-0.25, -0.2) is 0 Å². The van der Waals surface area contributed by atoms with Crippen molar-refractivity contribution in [2.75, 3.05) is 40.5 Å². The Hall–Kier alpha value is -5.86. The Bertz CT molecular complexity index is 2200. The van der Waals surface area contributed by atoms with Crippen molar-refractivity contribution in [3.8, 4) is 17.2 Å². The SMILES string of the molecule is COc1ccc(C(NC(=O)CCC(C)C)c2ccc(OCCCC(=O)N(CCNCCCc3c4ccccc4cc4ccccc34)Cc3ccccc3)cc2)c(OC)c1. The predicted octanol–water partition coefficient (Wildman–Crippen LogP) is 10.1. The van der Waals surface area contributed by atoms with Gasteiger partial charge in [-0.3, -0.25) is 9.59 Å². The summed E-state index contributed by atoms with van der Waals surface area (Å²) in [7, 11) is 3.23. The molecule has 308 valence electrons. The Kier molecular flexibility index (Phi) is 15.8. The molecule has 6 aromatic carbocycles. The average molecular weight is 794 g/mol. The number of carbonyl (C=O) groups is 2. The number of carbonyl (C=O) groups excluding carboxylic acids is 2. The molecule has 0 aliphatic carbocycles. The number of amides is 2. The van der Waals surface area contributed by atoms with Crippen LogP contribution < -0.4 is 24.8 Å². The summed E-state index contributed by atoms with van der Waals surface area (Å²) in [5, 5.41) is 12.0. The molecule has 8 nitrogen and oxygen atoms in total. The number of ether oxygens (including phenoxy) is 3. The van der Waals surface area contributed by atoms with Gasteiger partial charge in [-0.05, 0) is 107 Å². The number of hydrogen-bond acceptors (Lipinski definition) is 6. The topological polar surface area (TPSA) is 89.1 Å². The number of hydrogen-bond donors (Lipinski definition) is 2. The van der Waals surface area contributed by atoms with Crippen molar-refractivity contribution in [2.45, 2.75) is 65.0 Å². The minimum absolute atomic E-state index is 0.0191. The van der Waals surface area contributed by atoms with Crippen LogP contribution in [0.25, 0.3) is 21.5 Å². The maximum Gasteiger partial charge on any atom is 0.223 e. The molecule has 0 heterocycles. The summed E-state index contributed by atoms with van der Waals surface area (Å²) in [6.45, 7) is 7.43. The van der Waals surface area contributed by atoms with Crippen molar-refractivity contribution in [2.24, 2.45) is 5.92 Å². The van der Waals surface area contributed by atoms with Gasteiger partial charge in [-0.2, -0.15) is 0 Å². The van der Waals surface area contributed by atoms with Gasteiger partial charge in [0.15, 0.2) is 0 Å². The monoisotopic (exact) mass is 793 g/mol. The largest absolute Gasteiger partial charge is 0.497 e. The average Bonchev–Trinajstić information content (AvgIpc) is 3.27. The van der Waals surface area contributed by atoms with Crippen LogP contribution in [0.4, 0.5) is 0 Å². The quantitative estimate of drug-likeness (QED) is 0.0526. The van der Waals surface area contributed by atoms with Crippen molar-refractivity contribution < 1.29 is 23.8 Å². The van der Waals surface area contributed by atoms with Gasteiger partial charge in [0.1, 0.15) is 17.2 Å². The Morgan fingerprint density at radius 1 is 0.695 bits per heavy atom. The van der Waals surface area contributed by atoms with Crippen molar-refractivity contribution >= 4 is 33.4 Å². The van der Waals surface area contributed by atoms with Crippen molar-refractivity contribution in [1.82, 2.24) is 15.5 Å². The summed E-state index contributed by atoms with van der Waals surface area (Å²) in [5.41, 5.74) is 4.25. The number of benzene rings is 6. The molecule has 0 saturated carbocycles. The van der Waals surface area contributed by atoms with E-state index in [9.17, 15) is 9.59 Å². The molecule has 0 aliphatic heterocycles. The van der Waals surface area contributed by atoms with Gasteiger partial charge in [0.25, 0.3) is 0 Å². The highest BCUT2D eigenvalue weighted by Crippen LogP contribution is 2.34. The third-order valence-corrected chi connectivity index (χ3v) is 10.8. The number of aryl methyl sites for hydroxylation is 1. The van der Waals surface area contributed by atoms with Gasteiger partial charge < -0.3 is 29.7 Å². The molecule has 6 rings (SSSR count). The lowest BCUT2D eigenvalue weighted by Crippen LogP contribution is -2.36. The number of nitrogens with zero attached hydrogens (tertiary/aromatic N) is 1. The maximum atomic E-state index is 13.6. The van der Waals surface area contributed by atoms with Gasteiger partial charge in [0.2, 0.25) is 11.8 Å². The Morgan fingerprint density at radius 2 is 1.37 bits per heavy atom. The van der Waals surface area contributed by atoms with Crippen molar-refractivity contribution in [3.05, 3.63) is 150 Å². The molecule has 0 saturated heterocycles. The summed E-state index contributed by atoms with van der Waals surface area (Å²) in [5.74, 6) is 2.53. The number of fused-ring (bicyclic) bond motifs is 2. The molecular formula is C51H59N3O5. The normalized spacial score (nSPS) is 11.7. The third-order valence-electron chi connectivity index (χ3n) is 10.8. The Balaban J connectivity index is 1.01. The lowest BCUT2D eigenvalue weighted by molar-refractivity contribution is -0.132. The van der Waals surface area contributed by atoms with Crippen LogP contribution in [-0.2, 0) is 22.6 Å². The molecule has 0 aromatic heterocycles. The number of nitrogens with one attached hydrogen (secondary N) is 2. The first-order valence-corrected chi connectivity index (χ1v) is 21.0. The standard InChI is InChI=1S/C51H59N3O5/c1-37(2)22-29-49(55)53-51(47-28-27-43(57-3)35-48(47)58-4)39-23-25-42(26-24-39)59-33-13-21-50(56)54(36-38-14-6-5-7-15-38)32-31-52-30-12-20-46-44-18-10-8-16-40(44)34-41-17-9-11-19-45(41)46/h5-11,14-19,23-28,34-35,37,51-52H,12-13,20-22,29-33,36H2,1-4H3,(H,53,55). The van der Waals surface area contributed by atoms with E-state index in [-0.39, 0.29) is 11.8 Å². The number of methoxy groups -OCH3 is 2. The predicted molar refractivity (Wildman–Crippen MR) is 239 cm³/mol. The molecule has 2 N–H and O–H groups in total. The molecule has 0 aliphatic rings. The molecule has 0 fully saturated rings. The molecule has 59 heavy (non-hydrogen) atoms. The first kappa shape index (κ1) is 42.7. The highest BCUT2D eigenvalue weighted by atomic mass is 16.5. The van der Waals surface area contributed by atoms with Crippen LogP contribution >= 0.6 is 0 Å². The second-order valence-corrected chi connectivity index (χ2v) is 15.5. The first-order valence-electron chi connectivity index (χ1n) is 21.0. The van der Waals surface area contributed by atoms with Gasteiger partial charge in [0, 0.05) is 44.1 Å². The van der Waals surface area contributed by atoms with Crippen LogP contribution in [0.1, 0.15) is 74.2 Å². The fourth-order valence-corrected chi connectivity index (χ4v) is 7.58. The highest BCUT2D eigenvalue weighted by Gasteiger charge is 2.22. The molecule has 0 radical (unpaired) electrons. The van der Waals surface area contributed by atoms with E-state index < -0.39 is 6.04 Å². The summed E-state index contributed by atoms with van der Waals surface area (Å²) in [4.78, 5) is 28.6. The zero-order chi connectivity index (χ0) is 41.4. The molecule has 6 aromatic rings. The van der Waals surface area contributed by atoms with Crippen LogP contribution in [0.3, 0.4) is 0 Å². The van der Waals surface area contributed by atoms with E-state index in [1.54, 1.807) is 14.2 Å². The van der Waals surface area contributed by atoms with E-state index in [1.165, 1.54) is 27.1 Å². The summed E-state index contributed by atoms with van der Waals surface area (Å²) in [6.07, 6.45) is 4.22. The number of rotatable bonds is 22. The molecule has 1 atom stereocenters. The van der Waals surface area contributed by atoms with E-state index in [2.05, 4.69) is 91.2 Å². The van der Waals surface area contributed by atoms with Gasteiger partial charge >= 0.3 is 0 Å². The maximum absolute atomic E-state index is 13.6. The zero-order valence-corrected chi connectivity index (χ0v) is 35.0. The minimum atomic E-state index is -0.420. The molecule has 8 heteroatoms. The molecule has 2 amide bonds. The van der Waals surface area contributed by atoms with Gasteiger partial charge in [-0.1, -0.05) is 105 Å². The van der Waals surface area contributed by atoms with E-state index in [4.69, 9.17) is 14.2 Å². The minimum Gasteiger partial charge on any atom is -0.497 e. The Labute approximate surface area is 349 Å². The lowest BCUT2D eigenvalue weighted by atomic mass is 9.94. The molecular weight excluding hydrogens is 735 g/mol. The fourth-order valence-electron chi connectivity index (χ4n) is 7.58. The van der Waals surface area contributed by atoms with Crippen LogP contribution in [0.5, 0.6) is 17.2 Å². The Morgan fingerprint density at radius 3 is 2.05 bits per heavy atom. The first-order chi connectivity index (χ1) is 28.8. The smallest absolute Gasteiger partial charge is 0.223 e. The van der Waals surface area contributed by atoms with E-state index in [0.717, 1.165) is 49.0 Å². The second-order valence-electron chi connectivity index (χ2n) is 15.5. The molecule has 0 spiro atoms. The summed E-state index contributed by atoms with van der Waals surface area (Å²) < 4.78 is 17.2. The van der Waals surface area contributed by atoms with Crippen LogP contribution in [0.2, 0.25) is 0 Å². The van der Waals surface area contributed by atoms with Gasteiger partial charge in [0.05, 0.1) is 26.9 Å². The van der Waals surface area contributed by atoms with E-state index >= 15 is 0 Å². The fraction of sp³-hybridized carbons (Fsp3) is 0.333. The summed E-state index contributed by atoms with van der Waals surface area (Å²) >= 11 is 0. The van der Waals surface area contributed by atoms with Crippen LogP contribution in [0, 0.1) is 5.92 Å². The second kappa shape index (κ2) is 21.8. The molecule has 1 unspecified atom stereocenters. The zero-order valence-electron chi connectivity index (χ0n) is 35.0. The third kappa shape index (κ3) is 12.1. The van der Waals surface area contributed by atoms with Crippen molar-refractivity contribution in [1.29, 1.82) is 0 Å². The molecule has 0 bridgehead atoms. The van der Waals surface area contributed by atoms with Crippen LogP contribution in [-0.4, -0.2) is 57.2 Å². The van der Waals surface area contributed by atoms with E-state index in [0.29, 0.717) is 62.1 Å². The highest BCUT2D eigenvalue weighted by molar-refractivity contribution is 6.02. The lowest BCUT2D eigenvalue weighted by Gasteiger charge is -2.23. The van der Waals surface area contributed by atoms with E-state index in [1.807, 2.05) is 65.6 Å². The van der Waals surface area contributed by atoms with Crippen molar-refractivity contribution in [3.63, 3.8) is 0 Å². The summed E-state index contributed by atoms with van der Waals surface area (Å²) in [6, 6.07) is 42.7.